The van der Waals surface area contributed by atoms with E-state index in [1.807, 2.05) is 12.1 Å². The van der Waals surface area contributed by atoms with E-state index in [-0.39, 0.29) is 10.8 Å². The molecule has 1 aromatic heterocycles. The molecule has 0 N–H and O–H groups in total. The van der Waals surface area contributed by atoms with E-state index in [0.717, 1.165) is 5.76 Å². The molecule has 2 aromatic rings. The number of rotatable bonds is 2. The van der Waals surface area contributed by atoms with Gasteiger partial charge in [-0.25, -0.2) is 0 Å². The fourth-order valence-electron chi connectivity index (χ4n) is 3.80. The fraction of sp³-hybridized carbons (Fsp3) is 0.421. The average Bonchev–Trinajstić information content (AvgIpc) is 2.93. The molecule has 0 radical (unpaired) electrons. The first kappa shape index (κ1) is 14.1. The van der Waals surface area contributed by atoms with E-state index in [2.05, 4.69) is 58.0 Å². The molecule has 2 nitrogen and oxygen atoms in total. The van der Waals surface area contributed by atoms with Gasteiger partial charge >= 0.3 is 0 Å². The van der Waals surface area contributed by atoms with Gasteiger partial charge in [-0.15, -0.1) is 0 Å². The van der Waals surface area contributed by atoms with Gasteiger partial charge in [-0.05, 0) is 52.5 Å². The van der Waals surface area contributed by atoms with Crippen LogP contribution in [0, 0.1) is 6.92 Å². The molecule has 1 aliphatic carbocycles. The van der Waals surface area contributed by atoms with Crippen molar-refractivity contribution in [3.63, 3.8) is 0 Å². The van der Waals surface area contributed by atoms with Gasteiger partial charge in [0.05, 0.1) is 6.20 Å². The zero-order valence-electron chi connectivity index (χ0n) is 13.5. The second-order valence-corrected chi connectivity index (χ2v) is 7.45. The number of benzene rings is 1. The molecule has 0 saturated heterocycles. The van der Waals surface area contributed by atoms with Crippen LogP contribution in [-0.4, -0.2) is 5.16 Å². The highest BCUT2D eigenvalue weighted by atomic mass is 16.5. The van der Waals surface area contributed by atoms with Crippen LogP contribution in [-0.2, 0) is 10.8 Å². The molecule has 1 aromatic carbocycles. The second kappa shape index (κ2) is 4.59. The first-order chi connectivity index (χ1) is 9.79. The summed E-state index contributed by atoms with van der Waals surface area (Å²) in [5, 5.41) is 3.73. The van der Waals surface area contributed by atoms with Crippen LogP contribution in [0.25, 0.3) is 12.2 Å². The zero-order chi connectivity index (χ0) is 15.3. The van der Waals surface area contributed by atoms with Crippen molar-refractivity contribution in [2.24, 2.45) is 0 Å². The van der Waals surface area contributed by atoms with Crippen LogP contribution in [0.15, 0.2) is 28.9 Å². The smallest absolute Gasteiger partial charge is 0.159 e. The van der Waals surface area contributed by atoms with Crippen molar-refractivity contribution in [2.45, 2.75) is 51.9 Å². The highest BCUT2D eigenvalue weighted by Gasteiger charge is 2.41. The predicted molar refractivity (Wildman–Crippen MR) is 87.3 cm³/mol. The molecule has 0 fully saturated rings. The first-order valence-corrected chi connectivity index (χ1v) is 7.54. The van der Waals surface area contributed by atoms with Crippen molar-refractivity contribution >= 4 is 12.2 Å². The molecule has 0 bridgehead atoms. The molecule has 21 heavy (non-hydrogen) atoms. The topological polar surface area (TPSA) is 26.0 Å². The zero-order valence-corrected chi connectivity index (χ0v) is 13.5. The normalized spacial score (nSPS) is 19.1. The number of aryl methyl sites for hydroxylation is 1. The Morgan fingerprint density at radius 2 is 1.71 bits per heavy atom. The Kier molecular flexibility index (Phi) is 3.09. The van der Waals surface area contributed by atoms with Crippen LogP contribution in [0.1, 0.15) is 62.1 Å². The summed E-state index contributed by atoms with van der Waals surface area (Å²) in [6.07, 6.45) is 6.97. The van der Waals surface area contributed by atoms with Crippen molar-refractivity contribution in [1.29, 1.82) is 0 Å². The lowest BCUT2D eigenvalue weighted by atomic mass is 9.82. The minimum Gasteiger partial charge on any atom is -0.357 e. The molecule has 1 heterocycles. The van der Waals surface area contributed by atoms with Crippen molar-refractivity contribution < 1.29 is 4.52 Å². The monoisotopic (exact) mass is 281 g/mol. The number of hydrogen-bond donors (Lipinski definition) is 0. The highest BCUT2D eigenvalue weighted by molar-refractivity contribution is 5.70. The third kappa shape index (κ3) is 2.44. The molecule has 2 heteroatoms. The van der Waals surface area contributed by atoms with Gasteiger partial charge in [0.2, 0.25) is 0 Å². The minimum atomic E-state index is 0.237. The molecule has 0 spiro atoms. The summed E-state index contributed by atoms with van der Waals surface area (Å²) in [4.78, 5) is 0. The summed E-state index contributed by atoms with van der Waals surface area (Å²) >= 11 is 0. The van der Waals surface area contributed by atoms with Crippen molar-refractivity contribution in [3.05, 3.63) is 52.4 Å². The standard InChI is InChI=1S/C19H23NO/c1-13-10-16-17(19(4,5)12-18(16,2)3)11-14(13)6-7-15-8-9-20-21-15/h6-11H,12H2,1-5H3. The molecular formula is C19H23NO. The number of aromatic nitrogens is 1. The van der Waals surface area contributed by atoms with Crippen LogP contribution in [0.2, 0.25) is 0 Å². The molecule has 0 aliphatic heterocycles. The number of fused-ring (bicyclic) bond motifs is 1. The molecule has 3 rings (SSSR count). The lowest BCUT2D eigenvalue weighted by Crippen LogP contribution is -2.17. The molecule has 0 saturated carbocycles. The Balaban J connectivity index is 2.06. The van der Waals surface area contributed by atoms with Crippen LogP contribution < -0.4 is 0 Å². The largest absolute Gasteiger partial charge is 0.357 e. The molecule has 0 atom stereocenters. The van der Waals surface area contributed by atoms with E-state index in [9.17, 15) is 0 Å². The van der Waals surface area contributed by atoms with Gasteiger partial charge in [0.1, 0.15) is 0 Å². The molecule has 0 amide bonds. The maximum atomic E-state index is 5.12. The summed E-state index contributed by atoms with van der Waals surface area (Å²) in [5.74, 6) is 0.787. The van der Waals surface area contributed by atoms with E-state index >= 15 is 0 Å². The first-order valence-electron chi connectivity index (χ1n) is 7.54. The summed E-state index contributed by atoms with van der Waals surface area (Å²) in [7, 11) is 0. The molecule has 1 aliphatic rings. The van der Waals surface area contributed by atoms with Gasteiger partial charge in [-0.2, -0.15) is 0 Å². The fourth-order valence-corrected chi connectivity index (χ4v) is 3.80. The summed E-state index contributed by atoms with van der Waals surface area (Å²) in [6, 6.07) is 6.59. The van der Waals surface area contributed by atoms with Gasteiger partial charge in [-0.1, -0.05) is 51.1 Å². The summed E-state index contributed by atoms with van der Waals surface area (Å²) in [5.41, 5.74) is 6.06. The predicted octanol–water partition coefficient (Wildman–Crippen LogP) is 5.11. The molecule has 0 unspecified atom stereocenters. The third-order valence-electron chi connectivity index (χ3n) is 4.63. The summed E-state index contributed by atoms with van der Waals surface area (Å²) < 4.78 is 5.12. The van der Waals surface area contributed by atoms with E-state index in [4.69, 9.17) is 4.52 Å². The van der Waals surface area contributed by atoms with E-state index < -0.39 is 0 Å². The Hall–Kier alpha value is -1.83. The quantitative estimate of drug-likeness (QED) is 0.764. The van der Waals surface area contributed by atoms with Crippen molar-refractivity contribution in [3.8, 4) is 0 Å². The Morgan fingerprint density at radius 1 is 1.05 bits per heavy atom. The van der Waals surface area contributed by atoms with Gasteiger partial charge in [-0.3, -0.25) is 0 Å². The van der Waals surface area contributed by atoms with Crippen molar-refractivity contribution in [1.82, 2.24) is 5.16 Å². The molecule has 110 valence electrons. The van der Waals surface area contributed by atoms with Gasteiger partial charge in [0.15, 0.2) is 5.76 Å². The van der Waals surface area contributed by atoms with Crippen LogP contribution >= 0.6 is 0 Å². The summed E-state index contributed by atoms with van der Waals surface area (Å²) in [6.45, 7) is 11.6. The average molecular weight is 281 g/mol. The van der Waals surface area contributed by atoms with Gasteiger partial charge < -0.3 is 4.52 Å². The Morgan fingerprint density at radius 3 is 2.33 bits per heavy atom. The SMILES string of the molecule is Cc1cc2c(cc1C=Cc1ccno1)C(C)(C)CC2(C)C. The van der Waals surface area contributed by atoms with E-state index in [0.29, 0.717) is 0 Å². The van der Waals surface area contributed by atoms with Crippen LogP contribution in [0.5, 0.6) is 0 Å². The van der Waals surface area contributed by atoms with Crippen molar-refractivity contribution in [2.75, 3.05) is 0 Å². The lowest BCUT2D eigenvalue weighted by molar-refractivity contribution is 0.403. The third-order valence-corrected chi connectivity index (χ3v) is 4.63. The van der Waals surface area contributed by atoms with Gasteiger partial charge in [0, 0.05) is 6.07 Å². The molecular weight excluding hydrogens is 258 g/mol. The maximum Gasteiger partial charge on any atom is 0.159 e. The second-order valence-electron chi connectivity index (χ2n) is 7.45. The van der Waals surface area contributed by atoms with Gasteiger partial charge in [0.25, 0.3) is 0 Å². The Bertz CT molecular complexity index is 691. The number of hydrogen-bond acceptors (Lipinski definition) is 2. The Labute approximate surface area is 126 Å². The van der Waals surface area contributed by atoms with Crippen LogP contribution in [0.4, 0.5) is 0 Å². The van der Waals surface area contributed by atoms with E-state index in [1.165, 1.54) is 28.7 Å². The highest BCUT2D eigenvalue weighted by Crippen LogP contribution is 2.50. The minimum absolute atomic E-state index is 0.237. The lowest BCUT2D eigenvalue weighted by Gasteiger charge is -2.22. The maximum absolute atomic E-state index is 5.12. The van der Waals surface area contributed by atoms with E-state index in [1.54, 1.807) is 6.20 Å². The van der Waals surface area contributed by atoms with Crippen LogP contribution in [0.3, 0.4) is 0 Å². The number of nitrogens with zero attached hydrogens (tertiary/aromatic N) is 1.